The lowest BCUT2D eigenvalue weighted by atomic mass is 9.81. The molecule has 1 rings (SSSR count). The number of carbonyl (C=O) groups is 1. The monoisotopic (exact) mass is 335 g/mol. The Morgan fingerprint density at radius 2 is 1.75 bits per heavy atom. The number of amidine groups is 1. The predicted octanol–water partition coefficient (Wildman–Crippen LogP) is 2.25. The van der Waals surface area contributed by atoms with E-state index in [1.165, 1.54) is 0 Å². The Morgan fingerprint density at radius 1 is 1.21 bits per heavy atom. The van der Waals surface area contributed by atoms with Crippen LogP contribution in [-0.4, -0.2) is 35.6 Å². The summed E-state index contributed by atoms with van der Waals surface area (Å²) in [5.41, 5.74) is 11.8. The summed E-state index contributed by atoms with van der Waals surface area (Å²) < 4.78 is 5.62. The molecule has 6 nitrogen and oxygen atoms in total. The molecule has 0 bridgehead atoms. The van der Waals surface area contributed by atoms with E-state index in [9.17, 15) is 9.90 Å². The third-order valence-corrected chi connectivity index (χ3v) is 3.57. The molecule has 6 heteroatoms. The van der Waals surface area contributed by atoms with Crippen LogP contribution in [0.5, 0.6) is 5.75 Å². The lowest BCUT2D eigenvalue weighted by Gasteiger charge is -2.26. The molecule has 0 aliphatic carbocycles. The first-order chi connectivity index (χ1) is 10.9. The van der Waals surface area contributed by atoms with Crippen molar-refractivity contribution >= 4 is 11.8 Å². The molecule has 0 saturated carbocycles. The van der Waals surface area contributed by atoms with Gasteiger partial charge in [0.05, 0.1) is 12.5 Å². The molecule has 0 unspecified atom stereocenters. The highest BCUT2D eigenvalue weighted by Gasteiger charge is 2.31. The van der Waals surface area contributed by atoms with Gasteiger partial charge in [0, 0.05) is 11.1 Å². The highest BCUT2D eigenvalue weighted by molar-refractivity contribution is 5.97. The second-order valence-corrected chi connectivity index (χ2v) is 7.78. The van der Waals surface area contributed by atoms with E-state index in [-0.39, 0.29) is 12.0 Å². The molecule has 1 atom stereocenters. The van der Waals surface area contributed by atoms with Crippen molar-refractivity contribution in [2.24, 2.45) is 27.8 Å². The van der Waals surface area contributed by atoms with E-state index in [1.54, 1.807) is 24.3 Å². The third kappa shape index (κ3) is 6.58. The molecule has 0 fully saturated rings. The number of rotatable bonds is 7. The van der Waals surface area contributed by atoms with E-state index < -0.39 is 17.4 Å². The summed E-state index contributed by atoms with van der Waals surface area (Å²) in [6, 6.07) is 7.11. The molecule has 0 spiro atoms. The Kier molecular flexibility index (Phi) is 6.37. The summed E-state index contributed by atoms with van der Waals surface area (Å²) in [6.07, 6.45) is 0. The Morgan fingerprint density at radius 3 is 2.17 bits per heavy atom. The van der Waals surface area contributed by atoms with E-state index in [4.69, 9.17) is 16.2 Å². The first kappa shape index (κ1) is 20.0. The van der Waals surface area contributed by atoms with Gasteiger partial charge >= 0.3 is 5.97 Å². The molecule has 0 amide bonds. The average Bonchev–Trinajstić information content (AvgIpc) is 2.43. The number of hydrogen-bond acceptors (Lipinski definition) is 4. The second-order valence-electron chi connectivity index (χ2n) is 7.78. The molecule has 0 aliphatic rings. The summed E-state index contributed by atoms with van der Waals surface area (Å²) >= 11 is 0. The fraction of sp³-hybridized carbons (Fsp3) is 0.556. The van der Waals surface area contributed by atoms with Crippen LogP contribution in [0.1, 0.15) is 40.2 Å². The van der Waals surface area contributed by atoms with Gasteiger partial charge in [0.15, 0.2) is 0 Å². The van der Waals surface area contributed by atoms with Crippen LogP contribution in [0.4, 0.5) is 0 Å². The number of aliphatic imine (C=N–C) groups is 1. The van der Waals surface area contributed by atoms with Crippen LogP contribution >= 0.6 is 0 Å². The third-order valence-electron chi connectivity index (χ3n) is 3.57. The van der Waals surface area contributed by atoms with E-state index in [0.717, 1.165) is 5.56 Å². The van der Waals surface area contributed by atoms with Crippen molar-refractivity contribution in [1.82, 2.24) is 0 Å². The van der Waals surface area contributed by atoms with Gasteiger partial charge in [-0.1, -0.05) is 20.8 Å². The van der Waals surface area contributed by atoms with Gasteiger partial charge in [-0.25, -0.2) is 0 Å². The normalized spacial score (nSPS) is 14.3. The van der Waals surface area contributed by atoms with Crippen LogP contribution in [0, 0.1) is 11.3 Å². The van der Waals surface area contributed by atoms with Crippen molar-refractivity contribution in [3.63, 3.8) is 0 Å². The topological polar surface area (TPSA) is 111 Å². The lowest BCUT2D eigenvalue weighted by molar-refractivity contribution is -0.146. The van der Waals surface area contributed by atoms with E-state index in [2.05, 4.69) is 4.99 Å². The maximum atomic E-state index is 11.3. The second kappa shape index (κ2) is 7.66. The molecule has 5 N–H and O–H groups in total. The van der Waals surface area contributed by atoms with Gasteiger partial charge in [0.2, 0.25) is 0 Å². The fourth-order valence-corrected chi connectivity index (χ4v) is 1.97. The van der Waals surface area contributed by atoms with Crippen molar-refractivity contribution in [2.75, 3.05) is 13.2 Å². The smallest absolute Gasteiger partial charge is 0.310 e. The van der Waals surface area contributed by atoms with Gasteiger partial charge in [-0.05, 0) is 43.5 Å². The number of aliphatic carboxylic acids is 1. The zero-order chi connectivity index (χ0) is 18.5. The van der Waals surface area contributed by atoms with Crippen LogP contribution in [0.2, 0.25) is 0 Å². The highest BCUT2D eigenvalue weighted by Crippen LogP contribution is 2.27. The number of nitrogens with two attached hydrogens (primary N) is 2. The van der Waals surface area contributed by atoms with Gasteiger partial charge in [-0.15, -0.1) is 0 Å². The minimum Gasteiger partial charge on any atom is -0.493 e. The molecule has 0 saturated heterocycles. The standard InChI is InChI=1S/C18H29N3O3/c1-17(2,3)14(16(22)23)10-24-13-8-6-12(7-9-13)15(19)21-11-18(4,5)20/h6-9,14H,10-11,20H2,1-5H3,(H2,19,21)(H,22,23)/t14-/m0/s1. The molecular weight excluding hydrogens is 306 g/mol. The predicted molar refractivity (Wildman–Crippen MR) is 96.4 cm³/mol. The minimum atomic E-state index is -0.861. The summed E-state index contributed by atoms with van der Waals surface area (Å²) in [6.45, 7) is 9.97. The Balaban J connectivity index is 2.73. The van der Waals surface area contributed by atoms with Crippen molar-refractivity contribution < 1.29 is 14.6 Å². The van der Waals surface area contributed by atoms with Crippen LogP contribution in [0.25, 0.3) is 0 Å². The molecule has 0 aromatic heterocycles. The molecule has 1 aromatic rings. The first-order valence-corrected chi connectivity index (χ1v) is 7.95. The van der Waals surface area contributed by atoms with E-state index in [0.29, 0.717) is 18.1 Å². The van der Waals surface area contributed by atoms with Crippen molar-refractivity contribution in [3.8, 4) is 5.75 Å². The van der Waals surface area contributed by atoms with Crippen LogP contribution < -0.4 is 16.2 Å². The maximum Gasteiger partial charge on any atom is 0.310 e. The molecule has 0 heterocycles. The zero-order valence-corrected chi connectivity index (χ0v) is 15.2. The van der Waals surface area contributed by atoms with Gasteiger partial charge in [0.25, 0.3) is 0 Å². The number of carboxylic acid groups (broad SMARTS) is 1. The summed E-state index contributed by atoms with van der Waals surface area (Å²) in [4.78, 5) is 15.6. The summed E-state index contributed by atoms with van der Waals surface area (Å²) in [5, 5.41) is 9.31. The molecule has 0 aliphatic heterocycles. The number of nitrogens with zero attached hydrogens (tertiary/aromatic N) is 1. The number of benzene rings is 1. The largest absolute Gasteiger partial charge is 0.493 e. The van der Waals surface area contributed by atoms with E-state index >= 15 is 0 Å². The minimum absolute atomic E-state index is 0.114. The fourth-order valence-electron chi connectivity index (χ4n) is 1.97. The molecule has 24 heavy (non-hydrogen) atoms. The number of hydrogen-bond donors (Lipinski definition) is 3. The number of ether oxygens (including phenoxy) is 1. The van der Waals surface area contributed by atoms with Crippen molar-refractivity contribution in [2.45, 2.75) is 40.2 Å². The molecule has 0 radical (unpaired) electrons. The summed E-state index contributed by atoms with van der Waals surface area (Å²) in [7, 11) is 0. The van der Waals surface area contributed by atoms with E-state index in [1.807, 2.05) is 34.6 Å². The van der Waals surface area contributed by atoms with Crippen molar-refractivity contribution in [3.05, 3.63) is 29.8 Å². The quantitative estimate of drug-likeness (QED) is 0.523. The van der Waals surface area contributed by atoms with Gasteiger partial charge in [-0.2, -0.15) is 0 Å². The van der Waals surface area contributed by atoms with Crippen LogP contribution in [0.3, 0.4) is 0 Å². The SMILES string of the molecule is CC(C)(N)CN=C(N)c1ccc(OC[C@@H](C(=O)O)C(C)(C)C)cc1. The van der Waals surface area contributed by atoms with Crippen LogP contribution in [-0.2, 0) is 4.79 Å². The Labute approximate surface area is 143 Å². The lowest BCUT2D eigenvalue weighted by Crippen LogP contribution is -2.36. The highest BCUT2D eigenvalue weighted by atomic mass is 16.5. The number of carboxylic acids is 1. The molecular formula is C18H29N3O3. The van der Waals surface area contributed by atoms with Gasteiger partial charge in [0.1, 0.15) is 18.2 Å². The average molecular weight is 335 g/mol. The van der Waals surface area contributed by atoms with Gasteiger partial charge < -0.3 is 21.3 Å². The maximum absolute atomic E-state index is 11.3. The molecule has 134 valence electrons. The summed E-state index contributed by atoms with van der Waals surface area (Å²) in [5.74, 6) is -0.435. The van der Waals surface area contributed by atoms with Gasteiger partial charge in [-0.3, -0.25) is 9.79 Å². The van der Waals surface area contributed by atoms with Crippen LogP contribution in [0.15, 0.2) is 29.3 Å². The molecule has 1 aromatic carbocycles. The Hall–Kier alpha value is -2.08. The van der Waals surface area contributed by atoms with Crippen molar-refractivity contribution in [1.29, 1.82) is 0 Å². The zero-order valence-electron chi connectivity index (χ0n) is 15.2. The Bertz CT molecular complexity index is 581. The first-order valence-electron chi connectivity index (χ1n) is 7.95.